The van der Waals surface area contributed by atoms with Crippen molar-refractivity contribution < 1.29 is 9.90 Å². The standard InChI is InChI=1S/C17H32O2/c1-3-5-6-7-8-9-10-11-12-13-14-15-16(4-2)17(18)19/h4,16H,2-3,5-15H2,1H3,(H,18,19). The summed E-state index contributed by atoms with van der Waals surface area (Å²) in [4.78, 5) is 10.8. The lowest BCUT2D eigenvalue weighted by molar-refractivity contribution is -0.140. The van der Waals surface area contributed by atoms with Crippen molar-refractivity contribution in [2.24, 2.45) is 5.92 Å². The van der Waals surface area contributed by atoms with E-state index in [0.717, 1.165) is 19.3 Å². The van der Waals surface area contributed by atoms with Crippen LogP contribution in [0.4, 0.5) is 0 Å². The maximum absolute atomic E-state index is 10.8. The first-order chi connectivity index (χ1) is 9.22. The van der Waals surface area contributed by atoms with Gasteiger partial charge in [-0.2, -0.15) is 0 Å². The molecule has 0 aliphatic carbocycles. The molecule has 0 saturated heterocycles. The van der Waals surface area contributed by atoms with E-state index in [-0.39, 0.29) is 5.92 Å². The Morgan fingerprint density at radius 3 is 1.74 bits per heavy atom. The van der Waals surface area contributed by atoms with Gasteiger partial charge in [0.25, 0.3) is 0 Å². The number of hydrogen-bond acceptors (Lipinski definition) is 1. The molecule has 1 N–H and O–H groups in total. The van der Waals surface area contributed by atoms with Crippen molar-refractivity contribution in [3.8, 4) is 0 Å². The van der Waals surface area contributed by atoms with Gasteiger partial charge in [-0.05, 0) is 6.42 Å². The molecule has 0 amide bonds. The van der Waals surface area contributed by atoms with E-state index in [9.17, 15) is 4.79 Å². The molecule has 1 atom stereocenters. The molecule has 1 unspecified atom stereocenters. The van der Waals surface area contributed by atoms with Crippen molar-refractivity contribution >= 4 is 5.97 Å². The molecule has 0 radical (unpaired) electrons. The molecule has 0 aliphatic rings. The highest BCUT2D eigenvalue weighted by molar-refractivity contribution is 5.71. The molecule has 2 nitrogen and oxygen atoms in total. The van der Waals surface area contributed by atoms with Crippen LogP contribution >= 0.6 is 0 Å². The van der Waals surface area contributed by atoms with Crippen LogP contribution < -0.4 is 0 Å². The molecule has 19 heavy (non-hydrogen) atoms. The van der Waals surface area contributed by atoms with Gasteiger partial charge in [0.1, 0.15) is 0 Å². The minimum absolute atomic E-state index is 0.349. The molecule has 0 bridgehead atoms. The largest absolute Gasteiger partial charge is 0.481 e. The lowest BCUT2D eigenvalue weighted by Crippen LogP contribution is -2.10. The summed E-state index contributed by atoms with van der Waals surface area (Å²) in [6.07, 6.45) is 16.6. The Balaban J connectivity index is 3.18. The monoisotopic (exact) mass is 268 g/mol. The van der Waals surface area contributed by atoms with Crippen molar-refractivity contribution in [2.75, 3.05) is 0 Å². The number of carboxylic acids is 1. The maximum atomic E-state index is 10.8. The normalized spacial score (nSPS) is 12.3. The van der Waals surface area contributed by atoms with Gasteiger partial charge in [0.05, 0.1) is 5.92 Å². The summed E-state index contributed by atoms with van der Waals surface area (Å²) in [6.45, 7) is 5.82. The highest BCUT2D eigenvalue weighted by Gasteiger charge is 2.11. The van der Waals surface area contributed by atoms with Gasteiger partial charge in [-0.15, -0.1) is 6.58 Å². The van der Waals surface area contributed by atoms with Gasteiger partial charge in [-0.1, -0.05) is 83.6 Å². The fraction of sp³-hybridized carbons (Fsp3) is 0.824. The molecule has 0 aromatic heterocycles. The zero-order valence-electron chi connectivity index (χ0n) is 12.7. The lowest BCUT2D eigenvalue weighted by Gasteiger charge is -2.06. The molecule has 0 spiro atoms. The van der Waals surface area contributed by atoms with E-state index >= 15 is 0 Å². The quantitative estimate of drug-likeness (QED) is 0.330. The third kappa shape index (κ3) is 12.0. The summed E-state index contributed by atoms with van der Waals surface area (Å²) in [7, 11) is 0. The zero-order chi connectivity index (χ0) is 14.3. The van der Waals surface area contributed by atoms with Gasteiger partial charge in [-0.3, -0.25) is 4.79 Å². The smallest absolute Gasteiger partial charge is 0.310 e. The molecular weight excluding hydrogens is 236 g/mol. The van der Waals surface area contributed by atoms with E-state index in [1.807, 2.05) is 0 Å². The Hall–Kier alpha value is -0.790. The second-order valence-corrected chi connectivity index (χ2v) is 5.50. The van der Waals surface area contributed by atoms with Crippen molar-refractivity contribution in [1.29, 1.82) is 0 Å². The molecule has 2 heteroatoms. The minimum atomic E-state index is -0.734. The molecule has 112 valence electrons. The first-order valence-corrected chi connectivity index (χ1v) is 8.07. The minimum Gasteiger partial charge on any atom is -0.481 e. The summed E-state index contributed by atoms with van der Waals surface area (Å²) >= 11 is 0. The fourth-order valence-corrected chi connectivity index (χ4v) is 2.37. The first-order valence-electron chi connectivity index (χ1n) is 8.07. The van der Waals surface area contributed by atoms with E-state index in [1.54, 1.807) is 6.08 Å². The topological polar surface area (TPSA) is 37.3 Å². The molecule has 0 rings (SSSR count). The van der Waals surface area contributed by atoms with Gasteiger partial charge in [0, 0.05) is 0 Å². The molecule has 0 aromatic rings. The number of hydrogen-bond donors (Lipinski definition) is 1. The SMILES string of the molecule is C=CC(CCCCCCCCCCCCC)C(=O)O. The molecule has 0 fully saturated rings. The Kier molecular flexibility index (Phi) is 13.1. The van der Waals surface area contributed by atoms with Crippen LogP contribution in [-0.2, 0) is 4.79 Å². The maximum Gasteiger partial charge on any atom is 0.310 e. The second-order valence-electron chi connectivity index (χ2n) is 5.50. The average molecular weight is 268 g/mol. The highest BCUT2D eigenvalue weighted by atomic mass is 16.4. The number of aliphatic carboxylic acids is 1. The lowest BCUT2D eigenvalue weighted by atomic mass is 10.00. The molecule has 0 heterocycles. The summed E-state index contributed by atoms with van der Waals surface area (Å²) < 4.78 is 0. The van der Waals surface area contributed by atoms with Crippen LogP contribution in [0.1, 0.15) is 84.0 Å². The molecular formula is C17H32O2. The summed E-state index contributed by atoms with van der Waals surface area (Å²) in [5, 5.41) is 8.86. The van der Waals surface area contributed by atoms with E-state index in [1.165, 1.54) is 57.8 Å². The van der Waals surface area contributed by atoms with Gasteiger partial charge in [0.15, 0.2) is 0 Å². The highest BCUT2D eigenvalue weighted by Crippen LogP contribution is 2.14. The van der Waals surface area contributed by atoms with Crippen LogP contribution in [0.5, 0.6) is 0 Å². The van der Waals surface area contributed by atoms with E-state index < -0.39 is 5.97 Å². The molecule has 0 saturated carbocycles. The number of rotatable bonds is 14. The van der Waals surface area contributed by atoms with E-state index in [0.29, 0.717) is 0 Å². The van der Waals surface area contributed by atoms with Crippen LogP contribution in [-0.4, -0.2) is 11.1 Å². The Labute approximate surface area is 119 Å². The van der Waals surface area contributed by atoms with E-state index in [4.69, 9.17) is 5.11 Å². The van der Waals surface area contributed by atoms with Crippen LogP contribution in [0, 0.1) is 5.92 Å². The number of carboxylic acid groups (broad SMARTS) is 1. The van der Waals surface area contributed by atoms with Crippen molar-refractivity contribution in [1.82, 2.24) is 0 Å². The summed E-state index contributed by atoms with van der Waals surface area (Å²) in [6, 6.07) is 0. The predicted octanol–water partition coefficient (Wildman–Crippen LogP) is 5.57. The Morgan fingerprint density at radius 2 is 1.37 bits per heavy atom. The number of unbranched alkanes of at least 4 members (excludes halogenated alkanes) is 10. The summed E-state index contributed by atoms with van der Waals surface area (Å²) in [5.41, 5.74) is 0. The first kappa shape index (κ1) is 18.2. The van der Waals surface area contributed by atoms with Crippen LogP contribution in [0.3, 0.4) is 0 Å². The summed E-state index contributed by atoms with van der Waals surface area (Å²) in [5.74, 6) is -1.08. The van der Waals surface area contributed by atoms with Gasteiger partial charge < -0.3 is 5.11 Å². The Bertz CT molecular complexity index is 223. The van der Waals surface area contributed by atoms with Gasteiger partial charge in [0.2, 0.25) is 0 Å². The average Bonchev–Trinajstić information content (AvgIpc) is 2.40. The van der Waals surface area contributed by atoms with E-state index in [2.05, 4.69) is 13.5 Å². The van der Waals surface area contributed by atoms with Gasteiger partial charge in [-0.25, -0.2) is 0 Å². The third-order valence-corrected chi connectivity index (χ3v) is 3.72. The van der Waals surface area contributed by atoms with Crippen molar-refractivity contribution in [3.05, 3.63) is 12.7 Å². The van der Waals surface area contributed by atoms with Crippen LogP contribution in [0.2, 0.25) is 0 Å². The predicted molar refractivity (Wildman–Crippen MR) is 82.4 cm³/mol. The van der Waals surface area contributed by atoms with Crippen LogP contribution in [0.25, 0.3) is 0 Å². The Morgan fingerprint density at radius 1 is 0.947 bits per heavy atom. The second kappa shape index (κ2) is 13.6. The van der Waals surface area contributed by atoms with Crippen molar-refractivity contribution in [3.63, 3.8) is 0 Å². The fourth-order valence-electron chi connectivity index (χ4n) is 2.37. The third-order valence-electron chi connectivity index (χ3n) is 3.72. The van der Waals surface area contributed by atoms with Crippen molar-refractivity contribution in [2.45, 2.75) is 84.0 Å². The van der Waals surface area contributed by atoms with Gasteiger partial charge >= 0.3 is 5.97 Å². The zero-order valence-corrected chi connectivity index (χ0v) is 12.7. The number of carbonyl (C=O) groups is 1. The molecule has 0 aliphatic heterocycles. The van der Waals surface area contributed by atoms with Crippen LogP contribution in [0.15, 0.2) is 12.7 Å². The molecule has 0 aromatic carbocycles.